The van der Waals surface area contributed by atoms with Crippen molar-refractivity contribution in [3.05, 3.63) is 0 Å². The van der Waals surface area contributed by atoms with Crippen molar-refractivity contribution in [3.63, 3.8) is 0 Å². The Labute approximate surface area is 87.9 Å². The number of hydrogen-bond donors (Lipinski definition) is 0. The summed E-state index contributed by atoms with van der Waals surface area (Å²) in [5.41, 5.74) is 0. The first kappa shape index (κ1) is 11.5. The van der Waals surface area contributed by atoms with Gasteiger partial charge in [0.1, 0.15) is 0 Å². The maximum absolute atomic E-state index is 8.67. The van der Waals surface area contributed by atoms with Crippen molar-refractivity contribution in [3.8, 4) is 6.07 Å². The minimum absolute atomic E-state index is 0.625. The highest BCUT2D eigenvalue weighted by Gasteiger charge is 2.04. The van der Waals surface area contributed by atoms with E-state index >= 15 is 0 Å². The monoisotopic (exact) mass is 194 g/mol. The zero-order valence-corrected chi connectivity index (χ0v) is 9.17. The van der Waals surface area contributed by atoms with Crippen LogP contribution in [0.5, 0.6) is 0 Å². The van der Waals surface area contributed by atoms with E-state index in [1.807, 2.05) is 0 Å². The van der Waals surface area contributed by atoms with E-state index in [4.69, 9.17) is 5.26 Å². The molecule has 0 amide bonds. The second-order valence-corrected chi connectivity index (χ2v) is 4.26. The van der Waals surface area contributed by atoms with Crippen LogP contribution in [-0.2, 0) is 0 Å². The Morgan fingerprint density at radius 2 is 1.21 bits per heavy atom. The highest BCUT2D eigenvalue weighted by Crippen LogP contribution is 2.11. The van der Waals surface area contributed by atoms with Gasteiger partial charge in [-0.3, -0.25) is 4.90 Å². The first-order chi connectivity index (χ1) is 6.93. The van der Waals surface area contributed by atoms with E-state index in [2.05, 4.69) is 11.0 Å². The molecule has 1 saturated heterocycles. The van der Waals surface area contributed by atoms with Crippen LogP contribution in [-0.4, -0.2) is 24.5 Å². The molecule has 0 aromatic heterocycles. The number of rotatable bonds is 1. The van der Waals surface area contributed by atoms with Crippen LogP contribution in [0.25, 0.3) is 0 Å². The van der Waals surface area contributed by atoms with Gasteiger partial charge in [0.05, 0.1) is 12.6 Å². The molecule has 1 fully saturated rings. The molecule has 0 atom stereocenters. The van der Waals surface area contributed by atoms with Crippen LogP contribution < -0.4 is 0 Å². The summed E-state index contributed by atoms with van der Waals surface area (Å²) in [5, 5.41) is 8.67. The van der Waals surface area contributed by atoms with E-state index in [0.29, 0.717) is 6.54 Å². The maximum Gasteiger partial charge on any atom is 0.0865 e. The number of hydrogen-bond acceptors (Lipinski definition) is 2. The van der Waals surface area contributed by atoms with Crippen LogP contribution in [0.4, 0.5) is 0 Å². The molecule has 2 heteroatoms. The summed E-state index contributed by atoms with van der Waals surface area (Å²) in [6.45, 7) is 2.89. The van der Waals surface area contributed by atoms with E-state index < -0.39 is 0 Å². The Bertz CT molecular complexity index is 160. The van der Waals surface area contributed by atoms with Gasteiger partial charge in [-0.25, -0.2) is 0 Å². The molecule has 0 saturated carbocycles. The van der Waals surface area contributed by atoms with Crippen LogP contribution >= 0.6 is 0 Å². The normalized spacial score (nSPS) is 22.2. The lowest BCUT2D eigenvalue weighted by Gasteiger charge is -2.18. The largest absolute Gasteiger partial charge is 0.291 e. The fourth-order valence-electron chi connectivity index (χ4n) is 2.10. The third-order valence-electron chi connectivity index (χ3n) is 2.99. The van der Waals surface area contributed by atoms with Crippen molar-refractivity contribution < 1.29 is 0 Å². The summed E-state index contributed by atoms with van der Waals surface area (Å²) in [5.74, 6) is 0. The molecule has 0 N–H and O–H groups in total. The third-order valence-corrected chi connectivity index (χ3v) is 2.99. The molecule has 80 valence electrons. The van der Waals surface area contributed by atoms with Crippen LogP contribution in [0.3, 0.4) is 0 Å². The van der Waals surface area contributed by atoms with Crippen LogP contribution in [0.2, 0.25) is 0 Å². The molecule has 1 rings (SSSR count). The Balaban J connectivity index is 2.24. The molecule has 0 radical (unpaired) electrons. The molecule has 0 aliphatic carbocycles. The van der Waals surface area contributed by atoms with Crippen LogP contribution in [0, 0.1) is 11.3 Å². The van der Waals surface area contributed by atoms with Crippen molar-refractivity contribution in [2.24, 2.45) is 0 Å². The summed E-state index contributed by atoms with van der Waals surface area (Å²) < 4.78 is 0. The Kier molecular flexibility index (Phi) is 6.43. The first-order valence-electron chi connectivity index (χ1n) is 6.03. The zero-order valence-electron chi connectivity index (χ0n) is 9.17. The van der Waals surface area contributed by atoms with Crippen molar-refractivity contribution in [1.82, 2.24) is 4.90 Å². The Hall–Kier alpha value is -0.550. The highest BCUT2D eigenvalue weighted by atomic mass is 15.1. The van der Waals surface area contributed by atoms with E-state index in [-0.39, 0.29) is 0 Å². The van der Waals surface area contributed by atoms with Gasteiger partial charge < -0.3 is 0 Å². The standard InChI is InChI=1S/C12H22N2/c13-9-12-14-10-7-5-3-1-2-4-6-8-11-14/h1-8,10-12H2. The van der Waals surface area contributed by atoms with E-state index in [1.54, 1.807) is 0 Å². The van der Waals surface area contributed by atoms with Crippen molar-refractivity contribution >= 4 is 0 Å². The summed E-state index contributed by atoms with van der Waals surface area (Å²) in [6.07, 6.45) is 10.9. The van der Waals surface area contributed by atoms with E-state index in [0.717, 1.165) is 13.1 Å². The van der Waals surface area contributed by atoms with Crippen molar-refractivity contribution in [2.45, 2.75) is 51.4 Å². The van der Waals surface area contributed by atoms with Crippen molar-refractivity contribution in [1.29, 1.82) is 5.26 Å². The molecule has 1 aliphatic rings. The second-order valence-electron chi connectivity index (χ2n) is 4.26. The minimum Gasteiger partial charge on any atom is -0.291 e. The van der Waals surface area contributed by atoms with Gasteiger partial charge in [0.25, 0.3) is 0 Å². The fraction of sp³-hybridized carbons (Fsp3) is 0.917. The maximum atomic E-state index is 8.67. The molecule has 14 heavy (non-hydrogen) atoms. The summed E-state index contributed by atoms with van der Waals surface area (Å²) in [7, 11) is 0. The lowest BCUT2D eigenvalue weighted by Crippen LogP contribution is -2.26. The lowest BCUT2D eigenvalue weighted by atomic mass is 10.1. The average molecular weight is 194 g/mol. The lowest BCUT2D eigenvalue weighted by molar-refractivity contribution is 0.293. The molecule has 0 spiro atoms. The topological polar surface area (TPSA) is 27.0 Å². The molecule has 2 nitrogen and oxygen atoms in total. The molecular formula is C12H22N2. The summed E-state index contributed by atoms with van der Waals surface area (Å²) in [4.78, 5) is 2.31. The zero-order chi connectivity index (χ0) is 10.1. The molecule has 0 aromatic rings. The number of nitrogens with zero attached hydrogens (tertiary/aromatic N) is 2. The average Bonchev–Trinajstić information content (AvgIpc) is 2.24. The van der Waals surface area contributed by atoms with E-state index in [1.165, 1.54) is 51.4 Å². The van der Waals surface area contributed by atoms with Crippen LogP contribution in [0.1, 0.15) is 51.4 Å². The fourth-order valence-corrected chi connectivity index (χ4v) is 2.10. The second kappa shape index (κ2) is 7.82. The molecule has 0 unspecified atom stereocenters. The van der Waals surface area contributed by atoms with Gasteiger partial charge in [0.2, 0.25) is 0 Å². The third kappa shape index (κ3) is 5.24. The van der Waals surface area contributed by atoms with Gasteiger partial charge in [0.15, 0.2) is 0 Å². The van der Waals surface area contributed by atoms with Gasteiger partial charge >= 0.3 is 0 Å². The summed E-state index contributed by atoms with van der Waals surface area (Å²) in [6, 6.07) is 2.26. The predicted octanol–water partition coefficient (Wildman–Crippen LogP) is 2.95. The first-order valence-corrected chi connectivity index (χ1v) is 6.03. The minimum atomic E-state index is 0.625. The molecule has 0 bridgehead atoms. The van der Waals surface area contributed by atoms with Crippen molar-refractivity contribution in [2.75, 3.05) is 19.6 Å². The Morgan fingerprint density at radius 3 is 1.64 bits per heavy atom. The smallest absolute Gasteiger partial charge is 0.0865 e. The Morgan fingerprint density at radius 1 is 0.786 bits per heavy atom. The number of nitriles is 1. The van der Waals surface area contributed by atoms with Crippen LogP contribution in [0.15, 0.2) is 0 Å². The van der Waals surface area contributed by atoms with Gasteiger partial charge in [-0.05, 0) is 25.9 Å². The van der Waals surface area contributed by atoms with Gasteiger partial charge in [0, 0.05) is 0 Å². The SMILES string of the molecule is N#CCN1CCCCCCCCCC1. The molecule has 0 aromatic carbocycles. The van der Waals surface area contributed by atoms with E-state index in [9.17, 15) is 0 Å². The van der Waals surface area contributed by atoms with Gasteiger partial charge in [-0.1, -0.05) is 38.5 Å². The summed E-state index contributed by atoms with van der Waals surface area (Å²) >= 11 is 0. The highest BCUT2D eigenvalue weighted by molar-refractivity contribution is 4.76. The predicted molar refractivity (Wildman–Crippen MR) is 59.0 cm³/mol. The van der Waals surface area contributed by atoms with Gasteiger partial charge in [-0.2, -0.15) is 5.26 Å². The molecular weight excluding hydrogens is 172 g/mol. The quantitative estimate of drug-likeness (QED) is 0.600. The molecule has 1 heterocycles. The van der Waals surface area contributed by atoms with Gasteiger partial charge in [-0.15, -0.1) is 0 Å². The molecule has 1 aliphatic heterocycles.